The molecule has 0 amide bonds. The van der Waals surface area contributed by atoms with Crippen molar-refractivity contribution in [3.63, 3.8) is 0 Å². The normalized spacial score (nSPS) is 30.2. The minimum Gasteiger partial charge on any atom is -0.387 e. The van der Waals surface area contributed by atoms with Crippen LogP contribution in [0.1, 0.15) is 13.2 Å². The number of anilines is 1. The Morgan fingerprint density at radius 3 is 2.92 bits per heavy atom. The van der Waals surface area contributed by atoms with E-state index in [1.807, 2.05) is 0 Å². The molecular weight excluding hydrogens is 364 g/mol. The molecule has 0 bridgehead atoms. The number of H-pyrrole nitrogens is 1. The molecule has 25 heavy (non-hydrogen) atoms. The van der Waals surface area contributed by atoms with E-state index >= 15 is 4.39 Å². The number of nitrogens with one attached hydrogen (secondary N) is 1. The molecule has 3 heterocycles. The predicted molar refractivity (Wildman–Crippen MR) is 80.0 cm³/mol. The molecular formula is C11H15FN5O7P. The molecule has 138 valence electrons. The first-order valence-electron chi connectivity index (χ1n) is 6.95. The number of rotatable bonds is 4. The molecule has 12 nitrogen and oxygen atoms in total. The Morgan fingerprint density at radius 2 is 2.28 bits per heavy atom. The van der Waals surface area contributed by atoms with Crippen molar-refractivity contribution in [1.29, 1.82) is 0 Å². The molecule has 1 fully saturated rings. The summed E-state index contributed by atoms with van der Waals surface area (Å²) in [7, 11) is -4.83. The summed E-state index contributed by atoms with van der Waals surface area (Å²) in [5, 5.41) is 10.1. The fourth-order valence-electron chi connectivity index (χ4n) is 2.64. The summed E-state index contributed by atoms with van der Waals surface area (Å²) in [6.07, 6.45) is -3.52. The van der Waals surface area contributed by atoms with Crippen LogP contribution < -0.4 is 11.3 Å². The van der Waals surface area contributed by atoms with Crippen LogP contribution in [0.15, 0.2) is 11.1 Å². The van der Waals surface area contributed by atoms with Crippen molar-refractivity contribution < 1.29 is 33.1 Å². The first-order chi connectivity index (χ1) is 11.5. The van der Waals surface area contributed by atoms with Gasteiger partial charge in [-0.05, 0) is 6.92 Å². The number of aromatic nitrogens is 4. The number of imidazole rings is 1. The van der Waals surface area contributed by atoms with Gasteiger partial charge in [-0.15, -0.1) is 0 Å². The van der Waals surface area contributed by atoms with Crippen LogP contribution >= 0.6 is 7.82 Å². The number of fused-ring (bicyclic) bond motifs is 1. The maximum atomic E-state index is 15.0. The molecule has 0 aliphatic carbocycles. The van der Waals surface area contributed by atoms with Crippen LogP contribution in [0.25, 0.3) is 11.2 Å². The number of nitrogens with two attached hydrogens (primary N) is 1. The number of aliphatic hydroxyl groups is 1. The Labute approximate surface area is 138 Å². The van der Waals surface area contributed by atoms with E-state index in [0.717, 1.165) is 17.8 Å². The first-order valence-corrected chi connectivity index (χ1v) is 8.48. The average molecular weight is 379 g/mol. The highest BCUT2D eigenvalue weighted by Gasteiger charge is 2.55. The Balaban J connectivity index is 1.97. The number of hydrogen-bond donors (Lipinski definition) is 5. The van der Waals surface area contributed by atoms with Gasteiger partial charge < -0.3 is 25.4 Å². The number of hydrogen-bond acceptors (Lipinski definition) is 8. The molecule has 1 unspecified atom stereocenters. The molecule has 1 saturated heterocycles. The third-order valence-corrected chi connectivity index (χ3v) is 4.31. The molecule has 2 aromatic heterocycles. The summed E-state index contributed by atoms with van der Waals surface area (Å²) in [4.78, 5) is 39.2. The fourth-order valence-corrected chi connectivity index (χ4v) is 2.98. The number of halogens is 1. The van der Waals surface area contributed by atoms with E-state index in [-0.39, 0.29) is 17.1 Å². The van der Waals surface area contributed by atoms with E-state index < -0.39 is 44.1 Å². The van der Waals surface area contributed by atoms with E-state index in [9.17, 15) is 14.5 Å². The zero-order valence-corrected chi connectivity index (χ0v) is 13.6. The average Bonchev–Trinajstić information content (AvgIpc) is 2.97. The van der Waals surface area contributed by atoms with Crippen LogP contribution in [0, 0.1) is 0 Å². The van der Waals surface area contributed by atoms with Gasteiger partial charge in [0.25, 0.3) is 5.56 Å². The van der Waals surface area contributed by atoms with Gasteiger partial charge in [0.05, 0.1) is 12.9 Å². The zero-order chi connectivity index (χ0) is 18.6. The van der Waals surface area contributed by atoms with Crippen LogP contribution in [-0.4, -0.2) is 58.9 Å². The summed E-state index contributed by atoms with van der Waals surface area (Å²) >= 11 is 0. The molecule has 1 aliphatic rings. The van der Waals surface area contributed by atoms with Crippen LogP contribution in [0.2, 0.25) is 0 Å². The van der Waals surface area contributed by atoms with Crippen molar-refractivity contribution in [3.8, 4) is 0 Å². The van der Waals surface area contributed by atoms with Crippen molar-refractivity contribution in [2.24, 2.45) is 0 Å². The van der Waals surface area contributed by atoms with E-state index in [1.165, 1.54) is 0 Å². The summed E-state index contributed by atoms with van der Waals surface area (Å²) in [6.45, 7) is 0.284. The maximum absolute atomic E-state index is 15.0. The molecule has 14 heteroatoms. The lowest BCUT2D eigenvalue weighted by Crippen LogP contribution is -2.40. The number of alkyl halides is 1. The van der Waals surface area contributed by atoms with Crippen LogP contribution in [0.5, 0.6) is 0 Å². The van der Waals surface area contributed by atoms with Gasteiger partial charge in [-0.25, -0.2) is 13.9 Å². The number of ether oxygens (including phenoxy) is 1. The predicted octanol–water partition coefficient (Wildman–Crippen LogP) is -1.20. The van der Waals surface area contributed by atoms with Crippen molar-refractivity contribution in [2.45, 2.75) is 31.0 Å². The van der Waals surface area contributed by atoms with Gasteiger partial charge in [0.15, 0.2) is 23.1 Å². The second-order valence-electron chi connectivity index (χ2n) is 5.68. The van der Waals surface area contributed by atoms with Gasteiger partial charge in [-0.1, -0.05) is 0 Å². The highest BCUT2D eigenvalue weighted by atomic mass is 31.2. The number of nitrogens with zero attached hydrogens (tertiary/aromatic N) is 3. The van der Waals surface area contributed by atoms with E-state index in [4.69, 9.17) is 20.3 Å². The van der Waals surface area contributed by atoms with Crippen molar-refractivity contribution >= 4 is 24.9 Å². The number of aromatic amines is 1. The zero-order valence-electron chi connectivity index (χ0n) is 12.7. The molecule has 6 N–H and O–H groups in total. The highest BCUT2D eigenvalue weighted by Crippen LogP contribution is 2.44. The molecule has 1 aliphatic heterocycles. The second-order valence-corrected chi connectivity index (χ2v) is 6.92. The van der Waals surface area contributed by atoms with Gasteiger partial charge in [0.1, 0.15) is 12.2 Å². The lowest BCUT2D eigenvalue weighted by atomic mass is 9.98. The molecule has 2 aromatic rings. The second kappa shape index (κ2) is 5.83. The SMILES string of the molecule is C[C@@]1(F)C(O)[C@@H](COP(=O)(O)O)O[C@H]1n1cnc2c(=O)[nH]c(N)nc21. The molecule has 0 aromatic carbocycles. The molecule has 0 radical (unpaired) electrons. The van der Waals surface area contributed by atoms with Gasteiger partial charge in [-0.2, -0.15) is 4.98 Å². The molecule has 0 saturated carbocycles. The van der Waals surface area contributed by atoms with Crippen molar-refractivity contribution in [3.05, 3.63) is 16.7 Å². The lowest BCUT2D eigenvalue weighted by Gasteiger charge is -2.24. The fraction of sp³-hybridized carbons (Fsp3) is 0.545. The summed E-state index contributed by atoms with van der Waals surface area (Å²) in [5.41, 5.74) is 2.26. The smallest absolute Gasteiger partial charge is 0.387 e. The first kappa shape index (κ1) is 17.9. The number of nitrogen functional groups attached to an aromatic ring is 1. The number of phosphoric ester groups is 1. The van der Waals surface area contributed by atoms with Gasteiger partial charge in [0, 0.05) is 0 Å². The Bertz CT molecular complexity index is 908. The van der Waals surface area contributed by atoms with E-state index in [2.05, 4.69) is 19.5 Å². The Kier molecular flexibility index (Phi) is 4.18. The molecule has 0 spiro atoms. The van der Waals surface area contributed by atoms with E-state index in [0.29, 0.717) is 0 Å². The van der Waals surface area contributed by atoms with Crippen LogP contribution in [0.3, 0.4) is 0 Å². The molecule has 4 atom stereocenters. The summed E-state index contributed by atoms with van der Waals surface area (Å²) < 4.78 is 36.5. The summed E-state index contributed by atoms with van der Waals surface area (Å²) in [6, 6.07) is 0. The van der Waals surface area contributed by atoms with E-state index in [1.54, 1.807) is 0 Å². The van der Waals surface area contributed by atoms with Crippen molar-refractivity contribution in [1.82, 2.24) is 19.5 Å². The Hall–Kier alpha value is -1.89. The van der Waals surface area contributed by atoms with Gasteiger partial charge >= 0.3 is 7.82 Å². The lowest BCUT2D eigenvalue weighted by molar-refractivity contribution is -0.0560. The standard InChI is InChI=1S/C11H15FN5O7P/c1-11(12)6(18)4(2-23-25(20,21)22)24-9(11)17-3-14-5-7(17)15-10(13)16-8(5)19/h3-4,6,9,18H,2H2,1H3,(H2,20,21,22)(H3,13,15,16,19)/t4-,6?,9-,11-/m1/s1. The minimum atomic E-state index is -4.83. The minimum absolute atomic E-state index is 0.0705. The van der Waals surface area contributed by atoms with Gasteiger partial charge in [-0.3, -0.25) is 18.9 Å². The topological polar surface area (TPSA) is 186 Å². The number of aliphatic hydroxyl groups excluding tert-OH is 1. The maximum Gasteiger partial charge on any atom is 0.469 e. The third kappa shape index (κ3) is 3.17. The monoisotopic (exact) mass is 379 g/mol. The molecule has 3 rings (SSSR count). The summed E-state index contributed by atoms with van der Waals surface area (Å²) in [5.74, 6) is -0.222. The quantitative estimate of drug-likeness (QED) is 0.404. The third-order valence-electron chi connectivity index (χ3n) is 3.83. The van der Waals surface area contributed by atoms with Crippen molar-refractivity contribution in [2.75, 3.05) is 12.3 Å². The van der Waals surface area contributed by atoms with Crippen LogP contribution in [0.4, 0.5) is 10.3 Å². The number of phosphoric acid groups is 1. The largest absolute Gasteiger partial charge is 0.469 e. The van der Waals surface area contributed by atoms with Crippen LogP contribution in [-0.2, 0) is 13.8 Å². The van der Waals surface area contributed by atoms with Gasteiger partial charge in [0.2, 0.25) is 5.95 Å². The highest BCUT2D eigenvalue weighted by molar-refractivity contribution is 7.46. The Morgan fingerprint density at radius 1 is 1.60 bits per heavy atom.